The van der Waals surface area contributed by atoms with Gasteiger partial charge < -0.3 is 10.2 Å². The Balaban J connectivity index is 1.51. The summed E-state index contributed by atoms with van der Waals surface area (Å²) in [6, 6.07) is 8.41. The van der Waals surface area contributed by atoms with E-state index in [-0.39, 0.29) is 17.7 Å². The zero-order valence-corrected chi connectivity index (χ0v) is 18.1. The molecule has 0 unspecified atom stereocenters. The number of anilines is 1. The van der Waals surface area contributed by atoms with Crippen LogP contribution in [0.5, 0.6) is 0 Å². The maximum Gasteiger partial charge on any atom is 0.253 e. The standard InChI is InChI=1S/C21H29N5O2S/c1-4-25(15(2)3)13-16-5-7-18(8-6-16)20(28)26-11-9-17(10-12-26)19(27)23-21-24-22-14-29-21/h5-8,14-15,17H,4,9-13H2,1-3H3,(H,23,24,27). The molecule has 1 fully saturated rings. The van der Waals surface area contributed by atoms with Crippen LogP contribution in [0.3, 0.4) is 0 Å². The van der Waals surface area contributed by atoms with Gasteiger partial charge in [0, 0.05) is 37.2 Å². The minimum atomic E-state index is -0.0959. The molecular weight excluding hydrogens is 386 g/mol. The first-order valence-electron chi connectivity index (χ1n) is 10.2. The lowest BCUT2D eigenvalue weighted by Gasteiger charge is -2.31. The van der Waals surface area contributed by atoms with Gasteiger partial charge in [0.05, 0.1) is 0 Å². The molecule has 1 saturated heterocycles. The molecule has 29 heavy (non-hydrogen) atoms. The van der Waals surface area contributed by atoms with Crippen LogP contribution in [0.1, 0.15) is 49.5 Å². The Kier molecular flexibility index (Phi) is 7.33. The number of hydrogen-bond acceptors (Lipinski definition) is 6. The van der Waals surface area contributed by atoms with Crippen LogP contribution in [-0.4, -0.2) is 57.5 Å². The number of rotatable bonds is 7. The Morgan fingerprint density at radius 3 is 2.48 bits per heavy atom. The van der Waals surface area contributed by atoms with Crippen LogP contribution in [0.4, 0.5) is 5.13 Å². The van der Waals surface area contributed by atoms with E-state index < -0.39 is 0 Å². The van der Waals surface area contributed by atoms with E-state index in [1.807, 2.05) is 29.2 Å². The van der Waals surface area contributed by atoms with E-state index >= 15 is 0 Å². The number of carbonyl (C=O) groups is 2. The Morgan fingerprint density at radius 1 is 1.24 bits per heavy atom. The molecule has 1 N–H and O–H groups in total. The highest BCUT2D eigenvalue weighted by atomic mass is 32.1. The lowest BCUT2D eigenvalue weighted by atomic mass is 9.95. The zero-order chi connectivity index (χ0) is 20.8. The van der Waals surface area contributed by atoms with Crippen molar-refractivity contribution >= 4 is 28.3 Å². The highest BCUT2D eigenvalue weighted by molar-refractivity contribution is 7.13. The molecule has 0 aliphatic carbocycles. The fraction of sp³-hybridized carbons (Fsp3) is 0.524. The van der Waals surface area contributed by atoms with Crippen molar-refractivity contribution < 1.29 is 9.59 Å². The fourth-order valence-electron chi connectivity index (χ4n) is 3.61. The van der Waals surface area contributed by atoms with E-state index in [1.54, 1.807) is 5.51 Å². The number of carbonyl (C=O) groups excluding carboxylic acids is 2. The summed E-state index contributed by atoms with van der Waals surface area (Å²) in [7, 11) is 0. The maximum absolute atomic E-state index is 12.8. The average Bonchev–Trinajstić information content (AvgIpc) is 3.25. The zero-order valence-electron chi connectivity index (χ0n) is 17.3. The molecule has 0 radical (unpaired) electrons. The molecule has 8 heteroatoms. The van der Waals surface area contributed by atoms with Gasteiger partial charge in [0.2, 0.25) is 11.0 Å². The second-order valence-corrected chi connectivity index (χ2v) is 8.49. The second kappa shape index (κ2) is 9.93. The van der Waals surface area contributed by atoms with Gasteiger partial charge in [0.15, 0.2) is 0 Å². The van der Waals surface area contributed by atoms with E-state index in [4.69, 9.17) is 0 Å². The van der Waals surface area contributed by atoms with E-state index in [1.165, 1.54) is 16.9 Å². The van der Waals surface area contributed by atoms with E-state index in [9.17, 15) is 9.59 Å². The van der Waals surface area contributed by atoms with Crippen molar-refractivity contribution in [3.05, 3.63) is 40.9 Å². The lowest BCUT2D eigenvalue weighted by molar-refractivity contribution is -0.121. The predicted molar refractivity (Wildman–Crippen MR) is 115 cm³/mol. The summed E-state index contributed by atoms with van der Waals surface area (Å²) < 4.78 is 0. The summed E-state index contributed by atoms with van der Waals surface area (Å²) in [5, 5.41) is 10.9. The number of benzene rings is 1. The van der Waals surface area contributed by atoms with E-state index in [0.29, 0.717) is 42.7 Å². The van der Waals surface area contributed by atoms with Crippen molar-refractivity contribution in [2.24, 2.45) is 5.92 Å². The summed E-state index contributed by atoms with van der Waals surface area (Å²) in [5.74, 6) is -0.0963. The molecule has 0 bridgehead atoms. The van der Waals surface area contributed by atoms with Crippen LogP contribution in [0.25, 0.3) is 0 Å². The first kappa shape index (κ1) is 21.4. The van der Waals surface area contributed by atoms with Crippen molar-refractivity contribution in [2.75, 3.05) is 25.0 Å². The molecule has 2 aromatic rings. The Bertz CT molecular complexity index is 799. The van der Waals surface area contributed by atoms with Crippen LogP contribution in [0.2, 0.25) is 0 Å². The number of likely N-dealkylation sites (tertiary alicyclic amines) is 1. The molecule has 0 saturated carbocycles. The molecular formula is C21H29N5O2S. The second-order valence-electron chi connectivity index (χ2n) is 7.65. The number of nitrogens with zero attached hydrogens (tertiary/aromatic N) is 4. The Morgan fingerprint density at radius 2 is 1.93 bits per heavy atom. The molecule has 7 nitrogen and oxygen atoms in total. The number of piperidine rings is 1. The quantitative estimate of drug-likeness (QED) is 0.751. The highest BCUT2D eigenvalue weighted by Crippen LogP contribution is 2.22. The first-order chi connectivity index (χ1) is 14.0. The predicted octanol–water partition coefficient (Wildman–Crippen LogP) is 3.26. The van der Waals surface area contributed by atoms with Crippen molar-refractivity contribution in [1.29, 1.82) is 0 Å². The van der Waals surface area contributed by atoms with Crippen molar-refractivity contribution in [3.8, 4) is 0 Å². The Hall–Kier alpha value is -2.32. The van der Waals surface area contributed by atoms with Crippen molar-refractivity contribution in [1.82, 2.24) is 20.0 Å². The first-order valence-corrected chi connectivity index (χ1v) is 11.0. The third-order valence-electron chi connectivity index (χ3n) is 5.47. The van der Waals surface area contributed by atoms with Gasteiger partial charge in [-0.05, 0) is 50.9 Å². The van der Waals surface area contributed by atoms with Gasteiger partial charge in [-0.1, -0.05) is 30.4 Å². The number of hydrogen-bond donors (Lipinski definition) is 1. The molecule has 156 valence electrons. The molecule has 2 heterocycles. The normalized spacial score (nSPS) is 15.1. The van der Waals surface area contributed by atoms with Gasteiger partial charge in [-0.15, -0.1) is 10.2 Å². The minimum absolute atomic E-state index is 0.0377. The Labute approximate surface area is 176 Å². The molecule has 0 atom stereocenters. The van der Waals surface area contributed by atoms with Crippen molar-refractivity contribution in [3.63, 3.8) is 0 Å². The van der Waals surface area contributed by atoms with Crippen molar-refractivity contribution in [2.45, 2.75) is 46.2 Å². The maximum atomic E-state index is 12.8. The molecule has 2 amide bonds. The van der Waals surface area contributed by atoms with Crippen LogP contribution < -0.4 is 5.32 Å². The van der Waals surface area contributed by atoms with Crippen LogP contribution >= 0.6 is 11.3 Å². The third kappa shape index (κ3) is 5.61. The number of nitrogens with one attached hydrogen (secondary N) is 1. The largest absolute Gasteiger partial charge is 0.339 e. The fourth-order valence-corrected chi connectivity index (χ4v) is 4.06. The smallest absolute Gasteiger partial charge is 0.253 e. The topological polar surface area (TPSA) is 78.4 Å². The molecule has 1 aliphatic rings. The summed E-state index contributed by atoms with van der Waals surface area (Å²) in [5.41, 5.74) is 3.51. The van der Waals surface area contributed by atoms with Gasteiger partial charge in [0.25, 0.3) is 5.91 Å². The minimum Gasteiger partial charge on any atom is -0.339 e. The number of aromatic nitrogens is 2. The van der Waals surface area contributed by atoms with E-state index in [0.717, 1.165) is 13.1 Å². The summed E-state index contributed by atoms with van der Waals surface area (Å²) in [4.78, 5) is 29.4. The molecule has 1 aromatic carbocycles. The highest BCUT2D eigenvalue weighted by Gasteiger charge is 2.28. The molecule has 1 aliphatic heterocycles. The molecule has 1 aromatic heterocycles. The van der Waals surface area contributed by atoms with Crippen LogP contribution in [-0.2, 0) is 11.3 Å². The van der Waals surface area contributed by atoms with Gasteiger partial charge in [-0.25, -0.2) is 0 Å². The van der Waals surface area contributed by atoms with E-state index in [2.05, 4.69) is 41.2 Å². The summed E-state index contributed by atoms with van der Waals surface area (Å²) in [6.07, 6.45) is 1.32. The third-order valence-corrected chi connectivity index (χ3v) is 6.07. The SMILES string of the molecule is CCN(Cc1ccc(C(=O)N2CCC(C(=O)Nc3nncs3)CC2)cc1)C(C)C. The average molecular weight is 416 g/mol. The van der Waals surface area contributed by atoms with Crippen LogP contribution in [0.15, 0.2) is 29.8 Å². The summed E-state index contributed by atoms with van der Waals surface area (Å²) in [6.45, 7) is 9.61. The van der Waals surface area contributed by atoms with Gasteiger partial charge in [-0.2, -0.15) is 0 Å². The molecule has 0 spiro atoms. The monoisotopic (exact) mass is 415 g/mol. The van der Waals surface area contributed by atoms with Crippen LogP contribution in [0, 0.1) is 5.92 Å². The van der Waals surface area contributed by atoms with Gasteiger partial charge in [-0.3, -0.25) is 14.5 Å². The van der Waals surface area contributed by atoms with Gasteiger partial charge >= 0.3 is 0 Å². The molecule has 3 rings (SSSR count). The summed E-state index contributed by atoms with van der Waals surface area (Å²) >= 11 is 1.30. The van der Waals surface area contributed by atoms with Gasteiger partial charge in [0.1, 0.15) is 5.51 Å². The lowest BCUT2D eigenvalue weighted by Crippen LogP contribution is -2.41. The number of amides is 2.